The molecule has 110 valence electrons. The summed E-state index contributed by atoms with van der Waals surface area (Å²) in [7, 11) is 3.98. The Kier molecular flexibility index (Phi) is 5.01. The van der Waals surface area contributed by atoms with Crippen LogP contribution in [0.2, 0.25) is 0 Å². The predicted octanol–water partition coefficient (Wildman–Crippen LogP) is 1.97. The van der Waals surface area contributed by atoms with E-state index in [2.05, 4.69) is 5.32 Å². The third-order valence-corrected chi connectivity index (χ3v) is 3.88. The van der Waals surface area contributed by atoms with Crippen LogP contribution in [0.25, 0.3) is 0 Å². The number of likely N-dealkylation sites (N-methyl/N-ethyl adjacent to an activating group) is 1. The molecule has 1 aliphatic heterocycles. The molecule has 1 atom stereocenters. The summed E-state index contributed by atoms with van der Waals surface area (Å²) in [6.07, 6.45) is 2.38. The van der Waals surface area contributed by atoms with Gasteiger partial charge in [-0.25, -0.2) is 0 Å². The van der Waals surface area contributed by atoms with E-state index < -0.39 is 0 Å². The van der Waals surface area contributed by atoms with Gasteiger partial charge in [0.1, 0.15) is 0 Å². The molecule has 1 aliphatic rings. The van der Waals surface area contributed by atoms with Gasteiger partial charge in [0.25, 0.3) is 5.91 Å². The van der Waals surface area contributed by atoms with Gasteiger partial charge >= 0.3 is 0 Å². The molecule has 1 N–H and O–H groups in total. The number of carbonyl (C=O) groups is 1. The average Bonchev–Trinajstić information content (AvgIpc) is 2.97. The lowest BCUT2D eigenvalue weighted by Crippen LogP contribution is -2.41. The van der Waals surface area contributed by atoms with Gasteiger partial charge in [-0.1, -0.05) is 6.07 Å². The van der Waals surface area contributed by atoms with E-state index in [1.807, 2.05) is 55.1 Å². The van der Waals surface area contributed by atoms with Crippen LogP contribution in [0, 0.1) is 0 Å². The van der Waals surface area contributed by atoms with Crippen LogP contribution in [-0.4, -0.2) is 50.6 Å². The van der Waals surface area contributed by atoms with Crippen molar-refractivity contribution < 1.29 is 4.79 Å². The fourth-order valence-corrected chi connectivity index (χ4v) is 2.63. The van der Waals surface area contributed by atoms with Gasteiger partial charge in [-0.2, -0.15) is 0 Å². The molecule has 1 saturated heterocycles. The lowest BCUT2D eigenvalue weighted by molar-refractivity contribution is 0.0751. The molecule has 4 heteroatoms. The number of anilines is 1. The molecule has 4 nitrogen and oxygen atoms in total. The molecule has 0 spiro atoms. The smallest absolute Gasteiger partial charge is 0.253 e. The normalized spacial score (nSPS) is 18.1. The first kappa shape index (κ1) is 14.9. The summed E-state index contributed by atoms with van der Waals surface area (Å²) in [4.78, 5) is 16.6. The van der Waals surface area contributed by atoms with Crippen molar-refractivity contribution in [2.24, 2.45) is 0 Å². The highest BCUT2D eigenvalue weighted by Crippen LogP contribution is 2.16. The van der Waals surface area contributed by atoms with Gasteiger partial charge in [-0.3, -0.25) is 4.79 Å². The molecule has 1 amide bonds. The Labute approximate surface area is 121 Å². The fourth-order valence-electron chi connectivity index (χ4n) is 2.63. The van der Waals surface area contributed by atoms with Gasteiger partial charge < -0.3 is 15.1 Å². The Hall–Kier alpha value is -1.55. The van der Waals surface area contributed by atoms with Gasteiger partial charge in [0.2, 0.25) is 0 Å². The summed E-state index contributed by atoms with van der Waals surface area (Å²) in [6.45, 7) is 4.68. The van der Waals surface area contributed by atoms with Crippen molar-refractivity contribution in [3.63, 3.8) is 0 Å². The first-order valence-corrected chi connectivity index (χ1v) is 7.42. The summed E-state index contributed by atoms with van der Waals surface area (Å²) in [6, 6.07) is 8.29. The molecule has 0 bridgehead atoms. The zero-order valence-corrected chi connectivity index (χ0v) is 12.7. The highest BCUT2D eigenvalue weighted by atomic mass is 16.2. The molecule has 0 aliphatic carbocycles. The third-order valence-electron chi connectivity index (χ3n) is 3.88. The second-order valence-corrected chi connectivity index (χ2v) is 5.58. The van der Waals surface area contributed by atoms with E-state index in [1.54, 1.807) is 0 Å². The molecule has 0 saturated carbocycles. The number of nitrogens with one attached hydrogen (secondary N) is 1. The minimum Gasteiger partial charge on any atom is -0.378 e. The highest BCUT2D eigenvalue weighted by Gasteiger charge is 2.21. The monoisotopic (exact) mass is 275 g/mol. The summed E-state index contributed by atoms with van der Waals surface area (Å²) in [5.74, 6) is 0.130. The quantitative estimate of drug-likeness (QED) is 0.892. The van der Waals surface area contributed by atoms with Crippen molar-refractivity contribution in [2.75, 3.05) is 38.6 Å². The SMILES string of the molecule is CCN(CC1CCCN1)C(=O)c1cccc(N(C)C)c1. The van der Waals surface area contributed by atoms with Gasteiger partial charge in [0.15, 0.2) is 0 Å². The zero-order chi connectivity index (χ0) is 14.5. The van der Waals surface area contributed by atoms with Crippen molar-refractivity contribution >= 4 is 11.6 Å². The molecule has 0 aromatic heterocycles. The van der Waals surface area contributed by atoms with Crippen LogP contribution in [0.15, 0.2) is 24.3 Å². The first-order valence-electron chi connectivity index (χ1n) is 7.42. The van der Waals surface area contributed by atoms with E-state index in [4.69, 9.17) is 0 Å². The van der Waals surface area contributed by atoms with Crippen LogP contribution >= 0.6 is 0 Å². The Morgan fingerprint density at radius 1 is 1.40 bits per heavy atom. The second kappa shape index (κ2) is 6.75. The number of carbonyl (C=O) groups excluding carboxylic acids is 1. The summed E-state index contributed by atoms with van der Waals surface area (Å²) < 4.78 is 0. The van der Waals surface area contributed by atoms with Crippen LogP contribution in [0.5, 0.6) is 0 Å². The van der Waals surface area contributed by atoms with Crippen molar-refractivity contribution in [1.29, 1.82) is 0 Å². The summed E-state index contributed by atoms with van der Waals surface area (Å²) in [5.41, 5.74) is 1.84. The molecule has 0 radical (unpaired) electrons. The Morgan fingerprint density at radius 2 is 2.20 bits per heavy atom. The standard InChI is InChI=1S/C16H25N3O/c1-4-19(12-14-8-6-10-17-14)16(20)13-7-5-9-15(11-13)18(2)3/h5,7,9,11,14,17H,4,6,8,10,12H2,1-3H3. The molecule has 1 heterocycles. The topological polar surface area (TPSA) is 35.6 Å². The number of nitrogens with zero attached hydrogens (tertiary/aromatic N) is 2. The fraction of sp³-hybridized carbons (Fsp3) is 0.562. The molecule has 20 heavy (non-hydrogen) atoms. The highest BCUT2D eigenvalue weighted by molar-refractivity contribution is 5.95. The van der Waals surface area contributed by atoms with Gasteiger partial charge in [0.05, 0.1) is 0 Å². The molecule has 2 rings (SSSR count). The molecule has 1 fully saturated rings. The Morgan fingerprint density at radius 3 is 2.80 bits per heavy atom. The maximum Gasteiger partial charge on any atom is 0.253 e. The van der Waals surface area contributed by atoms with Crippen molar-refractivity contribution in [2.45, 2.75) is 25.8 Å². The summed E-state index contributed by atoms with van der Waals surface area (Å²) in [5, 5.41) is 3.46. The second-order valence-electron chi connectivity index (χ2n) is 5.58. The van der Waals surface area contributed by atoms with E-state index >= 15 is 0 Å². The van der Waals surface area contributed by atoms with Crippen LogP contribution in [0.4, 0.5) is 5.69 Å². The van der Waals surface area contributed by atoms with Crippen molar-refractivity contribution in [1.82, 2.24) is 10.2 Å². The van der Waals surface area contributed by atoms with Gasteiger partial charge in [-0.15, -0.1) is 0 Å². The number of hydrogen-bond donors (Lipinski definition) is 1. The van der Waals surface area contributed by atoms with Crippen LogP contribution in [0.3, 0.4) is 0 Å². The van der Waals surface area contributed by atoms with E-state index in [-0.39, 0.29) is 5.91 Å². The minimum absolute atomic E-state index is 0.130. The largest absolute Gasteiger partial charge is 0.378 e. The molecule has 1 aromatic carbocycles. The lowest BCUT2D eigenvalue weighted by Gasteiger charge is -2.25. The third kappa shape index (κ3) is 3.51. The average molecular weight is 275 g/mol. The Balaban J connectivity index is 2.08. The van der Waals surface area contributed by atoms with Crippen LogP contribution in [0.1, 0.15) is 30.1 Å². The molecular formula is C16H25N3O. The minimum atomic E-state index is 0.130. The lowest BCUT2D eigenvalue weighted by atomic mass is 10.1. The van der Waals surface area contributed by atoms with E-state index in [0.717, 1.165) is 30.9 Å². The molecular weight excluding hydrogens is 250 g/mol. The predicted molar refractivity (Wildman–Crippen MR) is 83.4 cm³/mol. The zero-order valence-electron chi connectivity index (χ0n) is 12.7. The number of benzene rings is 1. The van der Waals surface area contributed by atoms with Crippen molar-refractivity contribution in [3.8, 4) is 0 Å². The number of rotatable bonds is 5. The van der Waals surface area contributed by atoms with Crippen molar-refractivity contribution in [3.05, 3.63) is 29.8 Å². The maximum atomic E-state index is 12.6. The van der Waals surface area contributed by atoms with E-state index in [0.29, 0.717) is 6.04 Å². The number of amides is 1. The maximum absolute atomic E-state index is 12.6. The molecule has 1 unspecified atom stereocenters. The Bertz CT molecular complexity index is 453. The van der Waals surface area contributed by atoms with E-state index in [1.165, 1.54) is 12.8 Å². The van der Waals surface area contributed by atoms with Gasteiger partial charge in [0, 0.05) is 44.5 Å². The summed E-state index contributed by atoms with van der Waals surface area (Å²) >= 11 is 0. The first-order chi connectivity index (χ1) is 9.61. The van der Waals surface area contributed by atoms with Crippen LogP contribution < -0.4 is 10.2 Å². The van der Waals surface area contributed by atoms with Crippen LogP contribution in [-0.2, 0) is 0 Å². The van der Waals surface area contributed by atoms with Gasteiger partial charge in [-0.05, 0) is 44.5 Å². The molecule has 1 aromatic rings. The van der Waals surface area contributed by atoms with E-state index in [9.17, 15) is 4.79 Å². The number of hydrogen-bond acceptors (Lipinski definition) is 3.